The molecule has 2 heterocycles. The molecule has 0 aliphatic rings. The molecule has 2 aromatic heterocycles. The summed E-state index contributed by atoms with van der Waals surface area (Å²) < 4.78 is 2.13. The zero-order valence-corrected chi connectivity index (χ0v) is 19.8. The number of aromatic nitrogens is 4. The minimum atomic E-state index is -0.257. The molecule has 0 saturated heterocycles. The van der Waals surface area contributed by atoms with Crippen LogP contribution in [0.1, 0.15) is 43.4 Å². The lowest BCUT2D eigenvalue weighted by atomic mass is 10.1. The number of thioether (sulfide) groups is 1. The van der Waals surface area contributed by atoms with Crippen molar-refractivity contribution in [2.45, 2.75) is 51.4 Å². The van der Waals surface area contributed by atoms with Gasteiger partial charge in [0.1, 0.15) is 5.82 Å². The van der Waals surface area contributed by atoms with E-state index in [-0.39, 0.29) is 11.4 Å². The summed E-state index contributed by atoms with van der Waals surface area (Å²) in [5.41, 5.74) is 4.41. The molecule has 0 atom stereocenters. The van der Waals surface area contributed by atoms with Crippen molar-refractivity contribution in [2.75, 3.05) is 5.75 Å². The van der Waals surface area contributed by atoms with Gasteiger partial charge in [-0.05, 0) is 44.9 Å². The fourth-order valence-electron chi connectivity index (χ4n) is 3.79. The summed E-state index contributed by atoms with van der Waals surface area (Å²) in [7, 11) is 0. The molecule has 2 aromatic carbocycles. The monoisotopic (exact) mass is 447 g/mol. The molecule has 4 rings (SSSR count). The maximum Gasteiger partial charge on any atom is 0.230 e. The predicted molar refractivity (Wildman–Crippen MR) is 130 cm³/mol. The second kappa shape index (κ2) is 9.20. The summed E-state index contributed by atoms with van der Waals surface area (Å²) >= 11 is 1.43. The Hall–Kier alpha value is -3.06. The summed E-state index contributed by atoms with van der Waals surface area (Å²) in [5.74, 6) is 1.18. The Kier molecular flexibility index (Phi) is 6.37. The molecular formula is C25H29N5OS. The molecule has 7 heteroatoms. The maximum atomic E-state index is 12.4. The van der Waals surface area contributed by atoms with Gasteiger partial charge >= 0.3 is 0 Å². The van der Waals surface area contributed by atoms with Crippen LogP contribution in [-0.2, 0) is 17.8 Å². The highest BCUT2D eigenvalue weighted by atomic mass is 32.2. The van der Waals surface area contributed by atoms with Crippen LogP contribution in [0, 0.1) is 6.92 Å². The summed E-state index contributed by atoms with van der Waals surface area (Å²) in [4.78, 5) is 15.8. The van der Waals surface area contributed by atoms with Gasteiger partial charge in [-0.15, -0.1) is 10.2 Å². The van der Waals surface area contributed by atoms with Gasteiger partial charge < -0.3 is 14.9 Å². The molecule has 0 fully saturated rings. The van der Waals surface area contributed by atoms with Crippen LogP contribution in [0.3, 0.4) is 0 Å². The topological polar surface area (TPSA) is 75.6 Å². The van der Waals surface area contributed by atoms with Gasteiger partial charge in [-0.25, -0.2) is 0 Å². The molecular weight excluding hydrogens is 418 g/mol. The number of nitrogens with zero attached hydrogens (tertiary/aromatic N) is 3. The number of aromatic amines is 1. The Morgan fingerprint density at radius 1 is 1.06 bits per heavy atom. The summed E-state index contributed by atoms with van der Waals surface area (Å²) in [6, 6.07) is 18.6. The van der Waals surface area contributed by atoms with Crippen LogP contribution in [0.4, 0.5) is 0 Å². The standard InChI is InChI=1S/C25H29N5OS/c1-17-20(19-12-8-9-13-21(19)26-17)14-22-28-29-24(32-16-23(31)27-25(2,3)4)30(22)15-18-10-6-5-7-11-18/h5-13,26H,14-16H2,1-4H3,(H,27,31). The van der Waals surface area contributed by atoms with E-state index in [0.29, 0.717) is 18.7 Å². The number of aryl methyl sites for hydroxylation is 1. The predicted octanol–water partition coefficient (Wildman–Crippen LogP) is 4.71. The van der Waals surface area contributed by atoms with Crippen molar-refractivity contribution in [2.24, 2.45) is 0 Å². The number of carbonyl (C=O) groups is 1. The van der Waals surface area contributed by atoms with Crippen LogP contribution in [0.2, 0.25) is 0 Å². The van der Waals surface area contributed by atoms with E-state index in [9.17, 15) is 4.79 Å². The van der Waals surface area contributed by atoms with Crippen molar-refractivity contribution in [3.8, 4) is 0 Å². The average Bonchev–Trinajstić information content (AvgIpc) is 3.27. The lowest BCUT2D eigenvalue weighted by Crippen LogP contribution is -2.41. The number of benzene rings is 2. The van der Waals surface area contributed by atoms with Crippen LogP contribution in [0.15, 0.2) is 59.8 Å². The van der Waals surface area contributed by atoms with Crippen molar-refractivity contribution in [1.82, 2.24) is 25.1 Å². The Morgan fingerprint density at radius 2 is 1.78 bits per heavy atom. The number of nitrogens with one attached hydrogen (secondary N) is 2. The molecule has 0 bridgehead atoms. The van der Waals surface area contributed by atoms with E-state index in [1.807, 2.05) is 45.0 Å². The highest BCUT2D eigenvalue weighted by Crippen LogP contribution is 2.26. The van der Waals surface area contributed by atoms with E-state index in [1.54, 1.807) is 0 Å². The van der Waals surface area contributed by atoms with Crippen molar-refractivity contribution in [3.05, 3.63) is 77.2 Å². The first-order chi connectivity index (χ1) is 15.3. The fourth-order valence-corrected chi connectivity index (χ4v) is 4.54. The van der Waals surface area contributed by atoms with Gasteiger partial charge in [0, 0.05) is 28.6 Å². The first-order valence-corrected chi connectivity index (χ1v) is 11.7. The Bertz CT molecular complexity index is 1220. The van der Waals surface area contributed by atoms with Gasteiger partial charge in [-0.1, -0.05) is 60.3 Å². The normalized spacial score (nSPS) is 11.8. The molecule has 0 unspecified atom stereocenters. The van der Waals surface area contributed by atoms with Crippen LogP contribution in [0.5, 0.6) is 0 Å². The van der Waals surface area contributed by atoms with Crippen molar-refractivity contribution in [3.63, 3.8) is 0 Å². The van der Waals surface area contributed by atoms with Crippen molar-refractivity contribution < 1.29 is 4.79 Å². The van der Waals surface area contributed by atoms with E-state index in [1.165, 1.54) is 28.3 Å². The minimum Gasteiger partial charge on any atom is -0.358 e. The molecule has 0 aliphatic heterocycles. The first kappa shape index (κ1) is 22.1. The molecule has 32 heavy (non-hydrogen) atoms. The summed E-state index contributed by atoms with van der Waals surface area (Å²) in [6.07, 6.45) is 0.671. The highest BCUT2D eigenvalue weighted by molar-refractivity contribution is 7.99. The molecule has 1 amide bonds. The number of amides is 1. The van der Waals surface area contributed by atoms with Crippen LogP contribution >= 0.6 is 11.8 Å². The van der Waals surface area contributed by atoms with Crippen molar-refractivity contribution >= 4 is 28.6 Å². The van der Waals surface area contributed by atoms with Gasteiger partial charge in [0.25, 0.3) is 0 Å². The van der Waals surface area contributed by atoms with Crippen LogP contribution in [-0.4, -0.2) is 36.9 Å². The van der Waals surface area contributed by atoms with Gasteiger partial charge in [0.15, 0.2) is 5.16 Å². The van der Waals surface area contributed by atoms with Gasteiger partial charge in [0.2, 0.25) is 5.91 Å². The molecule has 0 radical (unpaired) electrons. The average molecular weight is 448 g/mol. The molecule has 4 aromatic rings. The second-order valence-electron chi connectivity index (χ2n) is 9.01. The van der Waals surface area contributed by atoms with Gasteiger partial charge in [-0.3, -0.25) is 4.79 Å². The lowest BCUT2D eigenvalue weighted by molar-refractivity contribution is -0.119. The minimum absolute atomic E-state index is 0.00853. The largest absolute Gasteiger partial charge is 0.358 e. The number of fused-ring (bicyclic) bond motifs is 1. The molecule has 0 saturated carbocycles. The van der Waals surface area contributed by atoms with Crippen LogP contribution in [0.25, 0.3) is 10.9 Å². The van der Waals surface area contributed by atoms with E-state index < -0.39 is 0 Å². The number of H-pyrrole nitrogens is 1. The number of hydrogen-bond donors (Lipinski definition) is 2. The number of rotatable bonds is 7. The Balaban J connectivity index is 1.63. The van der Waals surface area contributed by atoms with E-state index in [2.05, 4.69) is 62.3 Å². The molecule has 0 spiro atoms. The smallest absolute Gasteiger partial charge is 0.230 e. The van der Waals surface area contributed by atoms with Crippen LogP contribution < -0.4 is 5.32 Å². The van der Waals surface area contributed by atoms with Gasteiger partial charge in [0.05, 0.1) is 12.3 Å². The van der Waals surface area contributed by atoms with E-state index in [0.717, 1.165) is 22.2 Å². The number of carbonyl (C=O) groups excluding carboxylic acids is 1. The zero-order chi connectivity index (χ0) is 22.7. The Labute approximate surface area is 192 Å². The van der Waals surface area contributed by atoms with E-state index >= 15 is 0 Å². The third-order valence-corrected chi connectivity index (χ3v) is 6.15. The zero-order valence-electron chi connectivity index (χ0n) is 19.0. The summed E-state index contributed by atoms with van der Waals surface area (Å²) in [6.45, 7) is 8.70. The number of para-hydroxylation sites is 1. The molecule has 0 aliphatic carbocycles. The summed E-state index contributed by atoms with van der Waals surface area (Å²) in [5, 5.41) is 14.0. The maximum absolute atomic E-state index is 12.4. The fraction of sp³-hybridized carbons (Fsp3) is 0.320. The molecule has 2 N–H and O–H groups in total. The molecule has 6 nitrogen and oxygen atoms in total. The van der Waals surface area contributed by atoms with Gasteiger partial charge in [-0.2, -0.15) is 0 Å². The third-order valence-electron chi connectivity index (χ3n) is 5.19. The van der Waals surface area contributed by atoms with E-state index in [4.69, 9.17) is 0 Å². The second-order valence-corrected chi connectivity index (χ2v) is 9.95. The van der Waals surface area contributed by atoms with Crippen molar-refractivity contribution in [1.29, 1.82) is 0 Å². The Morgan fingerprint density at radius 3 is 2.53 bits per heavy atom. The SMILES string of the molecule is Cc1[nH]c2ccccc2c1Cc1nnc(SCC(=O)NC(C)(C)C)n1Cc1ccccc1. The number of hydrogen-bond acceptors (Lipinski definition) is 4. The first-order valence-electron chi connectivity index (χ1n) is 10.8. The quantitative estimate of drug-likeness (QED) is 0.402. The lowest BCUT2D eigenvalue weighted by Gasteiger charge is -2.20. The third kappa shape index (κ3) is 5.22. The molecule has 166 valence electrons. The highest BCUT2D eigenvalue weighted by Gasteiger charge is 2.19.